The molecule has 9 heteroatoms. The molecule has 25 heavy (non-hydrogen) atoms. The highest BCUT2D eigenvalue weighted by atomic mass is 16.5. The van der Waals surface area contributed by atoms with Crippen molar-refractivity contribution in [2.75, 3.05) is 29.6 Å². The van der Waals surface area contributed by atoms with E-state index >= 15 is 0 Å². The third-order valence-corrected chi connectivity index (χ3v) is 3.21. The largest absolute Gasteiger partial charge is 0.359 e. The summed E-state index contributed by atoms with van der Waals surface area (Å²) < 4.78 is 5.10. The molecule has 0 unspecified atom stereocenters. The molecular weight excluding hydrogens is 322 g/mol. The first kappa shape index (κ1) is 16.4. The van der Waals surface area contributed by atoms with Crippen molar-refractivity contribution < 1.29 is 9.32 Å². The molecule has 0 aliphatic rings. The Morgan fingerprint density at radius 3 is 2.56 bits per heavy atom. The summed E-state index contributed by atoms with van der Waals surface area (Å²) in [7, 11) is 3.65. The standard InChI is InChI=1S/C16H17N7O2/c1-23(2)16-19-14(25-22-16)10-17-13-9-8-12(20-21-13)15(24)18-11-6-4-3-5-7-11/h3-9H,10H2,1-2H3,(H,17,21)(H,18,24). The predicted octanol–water partition coefficient (Wildman–Crippen LogP) is 1.79. The summed E-state index contributed by atoms with van der Waals surface area (Å²) in [5.41, 5.74) is 0.923. The Labute approximate surface area is 144 Å². The van der Waals surface area contributed by atoms with Crippen molar-refractivity contribution in [2.45, 2.75) is 6.54 Å². The molecule has 0 radical (unpaired) electrons. The first-order valence-corrected chi connectivity index (χ1v) is 7.56. The Morgan fingerprint density at radius 1 is 1.12 bits per heavy atom. The summed E-state index contributed by atoms with van der Waals surface area (Å²) >= 11 is 0. The zero-order valence-corrected chi connectivity index (χ0v) is 13.8. The second-order valence-electron chi connectivity index (χ2n) is 5.36. The summed E-state index contributed by atoms with van der Waals surface area (Å²) in [6.45, 7) is 0.311. The predicted molar refractivity (Wildman–Crippen MR) is 92.4 cm³/mol. The first-order chi connectivity index (χ1) is 12.1. The Morgan fingerprint density at radius 2 is 1.92 bits per heavy atom. The molecule has 0 aliphatic heterocycles. The number of aromatic nitrogens is 4. The second-order valence-corrected chi connectivity index (χ2v) is 5.36. The molecule has 0 spiro atoms. The number of anilines is 3. The third kappa shape index (κ3) is 4.28. The van der Waals surface area contributed by atoms with Gasteiger partial charge < -0.3 is 20.1 Å². The van der Waals surface area contributed by atoms with Gasteiger partial charge in [0.1, 0.15) is 5.82 Å². The zero-order valence-electron chi connectivity index (χ0n) is 13.8. The lowest BCUT2D eigenvalue weighted by molar-refractivity contribution is 0.102. The van der Waals surface area contributed by atoms with Gasteiger partial charge in [-0.15, -0.1) is 10.2 Å². The van der Waals surface area contributed by atoms with Crippen LogP contribution in [0, 0.1) is 0 Å². The fourth-order valence-electron chi connectivity index (χ4n) is 1.93. The van der Waals surface area contributed by atoms with Crippen molar-refractivity contribution in [3.8, 4) is 0 Å². The summed E-state index contributed by atoms with van der Waals surface area (Å²) in [4.78, 5) is 18.0. The molecule has 0 fully saturated rings. The fourth-order valence-corrected chi connectivity index (χ4v) is 1.93. The molecule has 2 heterocycles. The second kappa shape index (κ2) is 7.39. The van der Waals surface area contributed by atoms with Gasteiger partial charge in [-0.1, -0.05) is 18.2 Å². The van der Waals surface area contributed by atoms with E-state index in [2.05, 4.69) is 31.0 Å². The minimum absolute atomic E-state index is 0.224. The number of para-hydroxylation sites is 1. The minimum atomic E-state index is -0.322. The molecule has 0 bridgehead atoms. The smallest absolute Gasteiger partial charge is 0.276 e. The number of benzene rings is 1. The first-order valence-electron chi connectivity index (χ1n) is 7.56. The van der Waals surface area contributed by atoms with Crippen LogP contribution in [-0.2, 0) is 6.54 Å². The van der Waals surface area contributed by atoms with E-state index < -0.39 is 0 Å². The highest BCUT2D eigenvalue weighted by molar-refractivity contribution is 6.02. The number of hydrogen-bond donors (Lipinski definition) is 2. The van der Waals surface area contributed by atoms with Crippen molar-refractivity contribution in [3.05, 3.63) is 54.0 Å². The lowest BCUT2D eigenvalue weighted by Gasteiger charge is -2.05. The topological polar surface area (TPSA) is 109 Å². The average Bonchev–Trinajstić information content (AvgIpc) is 3.11. The van der Waals surface area contributed by atoms with Gasteiger partial charge in [-0.2, -0.15) is 4.98 Å². The number of rotatable bonds is 6. The highest BCUT2D eigenvalue weighted by Crippen LogP contribution is 2.10. The number of hydrogen-bond acceptors (Lipinski definition) is 8. The van der Waals surface area contributed by atoms with Gasteiger partial charge in [-0.3, -0.25) is 4.79 Å². The molecule has 0 saturated carbocycles. The molecular formula is C16H17N7O2. The number of carbonyl (C=O) groups excluding carboxylic acids is 1. The van der Waals surface area contributed by atoms with Crippen LogP contribution in [0.3, 0.4) is 0 Å². The Kier molecular flexibility index (Phi) is 4.84. The third-order valence-electron chi connectivity index (χ3n) is 3.21. The Hall–Kier alpha value is -3.49. The van der Waals surface area contributed by atoms with Crippen LogP contribution in [0.4, 0.5) is 17.5 Å². The molecule has 3 aromatic rings. The van der Waals surface area contributed by atoms with E-state index in [4.69, 9.17) is 4.52 Å². The van der Waals surface area contributed by atoms with E-state index in [1.54, 1.807) is 29.2 Å². The summed E-state index contributed by atoms with van der Waals surface area (Å²) in [6.07, 6.45) is 0. The molecule has 3 rings (SSSR count). The van der Waals surface area contributed by atoms with Crippen molar-refractivity contribution in [1.82, 2.24) is 20.3 Å². The van der Waals surface area contributed by atoms with E-state index in [1.165, 1.54) is 0 Å². The summed E-state index contributed by atoms with van der Waals surface area (Å²) in [6, 6.07) is 12.4. The zero-order chi connectivity index (χ0) is 17.6. The molecule has 2 aromatic heterocycles. The van der Waals surface area contributed by atoms with Crippen molar-refractivity contribution in [1.29, 1.82) is 0 Å². The van der Waals surface area contributed by atoms with Gasteiger partial charge >= 0.3 is 0 Å². The van der Waals surface area contributed by atoms with Crippen LogP contribution in [0.25, 0.3) is 0 Å². The van der Waals surface area contributed by atoms with Crippen LogP contribution in [0.5, 0.6) is 0 Å². The van der Waals surface area contributed by atoms with Gasteiger partial charge in [0.15, 0.2) is 5.69 Å². The summed E-state index contributed by atoms with van der Waals surface area (Å²) in [5, 5.41) is 17.5. The van der Waals surface area contributed by atoms with Crippen molar-refractivity contribution in [2.24, 2.45) is 0 Å². The van der Waals surface area contributed by atoms with Crippen LogP contribution in [0.2, 0.25) is 0 Å². The molecule has 128 valence electrons. The number of amides is 1. The van der Waals surface area contributed by atoms with E-state index in [9.17, 15) is 4.79 Å². The fraction of sp³-hybridized carbons (Fsp3) is 0.188. The van der Waals surface area contributed by atoms with Crippen LogP contribution in [-0.4, -0.2) is 40.3 Å². The normalized spacial score (nSPS) is 10.3. The maximum absolute atomic E-state index is 12.1. The van der Waals surface area contributed by atoms with E-state index in [1.807, 2.05) is 32.3 Å². The number of nitrogens with one attached hydrogen (secondary N) is 2. The molecule has 1 amide bonds. The van der Waals surface area contributed by atoms with Gasteiger partial charge in [0.25, 0.3) is 11.9 Å². The van der Waals surface area contributed by atoms with Gasteiger partial charge in [0, 0.05) is 19.8 Å². The van der Waals surface area contributed by atoms with Crippen molar-refractivity contribution in [3.63, 3.8) is 0 Å². The van der Waals surface area contributed by atoms with Crippen LogP contribution in [0.15, 0.2) is 47.0 Å². The minimum Gasteiger partial charge on any atom is -0.359 e. The maximum atomic E-state index is 12.1. The van der Waals surface area contributed by atoms with Gasteiger partial charge in [-0.25, -0.2) is 0 Å². The molecule has 0 saturated heterocycles. The molecule has 1 aromatic carbocycles. The Bertz CT molecular complexity index is 831. The maximum Gasteiger partial charge on any atom is 0.276 e. The molecule has 0 aliphatic carbocycles. The molecule has 9 nitrogen and oxygen atoms in total. The van der Waals surface area contributed by atoms with Crippen molar-refractivity contribution >= 4 is 23.4 Å². The number of nitrogens with zero attached hydrogens (tertiary/aromatic N) is 5. The van der Waals surface area contributed by atoms with E-state index in [0.29, 0.717) is 29.9 Å². The monoisotopic (exact) mass is 339 g/mol. The van der Waals surface area contributed by atoms with E-state index in [-0.39, 0.29) is 11.6 Å². The highest BCUT2D eigenvalue weighted by Gasteiger charge is 2.10. The van der Waals surface area contributed by atoms with Crippen LogP contribution in [0.1, 0.15) is 16.4 Å². The quantitative estimate of drug-likeness (QED) is 0.699. The SMILES string of the molecule is CN(C)c1noc(CNc2ccc(C(=O)Nc3ccccc3)nn2)n1. The van der Waals surface area contributed by atoms with Gasteiger partial charge in [0.2, 0.25) is 5.89 Å². The van der Waals surface area contributed by atoms with Gasteiger partial charge in [0.05, 0.1) is 6.54 Å². The Balaban J connectivity index is 1.57. The van der Waals surface area contributed by atoms with Crippen LogP contribution >= 0.6 is 0 Å². The lowest BCUT2D eigenvalue weighted by Crippen LogP contribution is -2.14. The lowest BCUT2D eigenvalue weighted by atomic mass is 10.3. The molecule has 0 atom stereocenters. The van der Waals surface area contributed by atoms with E-state index in [0.717, 1.165) is 0 Å². The average molecular weight is 339 g/mol. The number of carbonyl (C=O) groups is 1. The molecule has 2 N–H and O–H groups in total. The van der Waals surface area contributed by atoms with Gasteiger partial charge in [-0.05, 0) is 29.4 Å². The summed E-state index contributed by atoms with van der Waals surface area (Å²) in [5.74, 6) is 1.10. The van der Waals surface area contributed by atoms with Crippen LogP contribution < -0.4 is 15.5 Å².